The number of ether oxygens (including phenoxy) is 1. The minimum absolute atomic E-state index is 0.00390. The molecule has 3 atom stereocenters. The summed E-state index contributed by atoms with van der Waals surface area (Å²) in [5.41, 5.74) is 1.77. The van der Waals surface area contributed by atoms with Crippen LogP contribution in [0.1, 0.15) is 52.7 Å². The molecule has 0 spiro atoms. The number of rotatable bonds is 6. The molecule has 1 fully saturated rings. The van der Waals surface area contributed by atoms with Crippen LogP contribution in [0, 0.1) is 0 Å². The van der Waals surface area contributed by atoms with Gasteiger partial charge in [-0.05, 0) is 59.3 Å². The number of aliphatic imine (C=N–C) groups is 1. The van der Waals surface area contributed by atoms with Crippen LogP contribution in [-0.2, 0) is 4.74 Å². The van der Waals surface area contributed by atoms with Gasteiger partial charge in [0.1, 0.15) is 0 Å². The zero-order valence-corrected chi connectivity index (χ0v) is 16.1. The van der Waals surface area contributed by atoms with Crippen molar-refractivity contribution in [2.75, 3.05) is 14.1 Å². The Morgan fingerprint density at radius 1 is 1.33 bits per heavy atom. The molecule has 1 aliphatic carbocycles. The van der Waals surface area contributed by atoms with Crippen LogP contribution < -0.4 is 0 Å². The number of aromatic nitrogens is 1. The summed E-state index contributed by atoms with van der Waals surface area (Å²) in [5.74, 6) is 0. The molecular formula is C20H33N3O. The van der Waals surface area contributed by atoms with Gasteiger partial charge in [-0.2, -0.15) is 0 Å². The third kappa shape index (κ3) is 6.17. The standard InChI is InChI=1S/C18H27N3O.C2H6/c1-5-15(16-9-6-7-12-19-16)20-13-14(2)22-18-11-8-10-17(18)21(3)4;1-2/h5-7,9,12-14,17-18H,8,10-11H2,1-4H3;1-2H3/b15-5-,20-13?;/t14?,17?,18-;/m1./s1. The lowest BCUT2D eigenvalue weighted by Crippen LogP contribution is -2.38. The molecule has 24 heavy (non-hydrogen) atoms. The molecule has 1 aromatic heterocycles. The first kappa shape index (κ1) is 20.5. The van der Waals surface area contributed by atoms with Crippen LogP contribution in [0.4, 0.5) is 0 Å². The van der Waals surface area contributed by atoms with Gasteiger partial charge in [-0.3, -0.25) is 9.98 Å². The summed E-state index contributed by atoms with van der Waals surface area (Å²) in [5, 5.41) is 0. The summed E-state index contributed by atoms with van der Waals surface area (Å²) in [6, 6.07) is 6.37. The van der Waals surface area contributed by atoms with E-state index in [4.69, 9.17) is 4.74 Å². The van der Waals surface area contributed by atoms with Gasteiger partial charge < -0.3 is 9.64 Å². The van der Waals surface area contributed by atoms with Crippen molar-refractivity contribution in [2.45, 2.75) is 65.2 Å². The highest BCUT2D eigenvalue weighted by Crippen LogP contribution is 2.26. The molecule has 4 nitrogen and oxygen atoms in total. The van der Waals surface area contributed by atoms with Crippen LogP contribution in [0.25, 0.3) is 5.70 Å². The first-order chi connectivity index (χ1) is 11.6. The van der Waals surface area contributed by atoms with E-state index >= 15 is 0 Å². The lowest BCUT2D eigenvalue weighted by Gasteiger charge is -2.27. The van der Waals surface area contributed by atoms with Gasteiger partial charge in [0.2, 0.25) is 0 Å². The molecule has 2 unspecified atom stereocenters. The van der Waals surface area contributed by atoms with Gasteiger partial charge in [-0.15, -0.1) is 0 Å². The van der Waals surface area contributed by atoms with E-state index in [1.807, 2.05) is 51.3 Å². The summed E-state index contributed by atoms with van der Waals surface area (Å²) >= 11 is 0. The SMILES string of the molecule is C/C=C(\N=CC(C)O[C@@H]1CCCC1N(C)C)c1ccccn1.CC. The molecule has 0 aromatic carbocycles. The van der Waals surface area contributed by atoms with Crippen LogP contribution in [-0.4, -0.2) is 48.4 Å². The fraction of sp³-hybridized carbons (Fsp3) is 0.600. The Hall–Kier alpha value is -1.52. The molecular weight excluding hydrogens is 298 g/mol. The first-order valence-electron chi connectivity index (χ1n) is 9.05. The van der Waals surface area contributed by atoms with Gasteiger partial charge in [0.15, 0.2) is 0 Å². The monoisotopic (exact) mass is 331 g/mol. The van der Waals surface area contributed by atoms with E-state index in [-0.39, 0.29) is 6.10 Å². The van der Waals surface area contributed by atoms with E-state index in [0.29, 0.717) is 12.1 Å². The highest BCUT2D eigenvalue weighted by molar-refractivity contribution is 5.74. The van der Waals surface area contributed by atoms with Crippen LogP contribution in [0.15, 0.2) is 35.5 Å². The fourth-order valence-corrected chi connectivity index (χ4v) is 2.95. The van der Waals surface area contributed by atoms with Crippen molar-refractivity contribution >= 4 is 11.9 Å². The van der Waals surface area contributed by atoms with Gasteiger partial charge in [0.25, 0.3) is 0 Å². The van der Waals surface area contributed by atoms with Gasteiger partial charge in [0, 0.05) is 18.5 Å². The Labute approximate surface area is 147 Å². The Morgan fingerprint density at radius 3 is 2.67 bits per heavy atom. The van der Waals surface area contributed by atoms with Crippen LogP contribution in [0.2, 0.25) is 0 Å². The van der Waals surface area contributed by atoms with Crippen molar-refractivity contribution in [3.63, 3.8) is 0 Å². The second-order valence-electron chi connectivity index (χ2n) is 6.01. The minimum Gasteiger partial charge on any atom is -0.368 e. The summed E-state index contributed by atoms with van der Waals surface area (Å²) in [6.07, 6.45) is 9.55. The molecule has 1 aliphatic rings. The number of hydrogen-bond donors (Lipinski definition) is 0. The summed E-state index contributed by atoms with van der Waals surface area (Å²) in [6.45, 7) is 8.03. The Morgan fingerprint density at radius 2 is 2.08 bits per heavy atom. The molecule has 1 aromatic rings. The molecule has 0 amide bonds. The predicted molar refractivity (Wildman–Crippen MR) is 103 cm³/mol. The van der Waals surface area contributed by atoms with Crippen molar-refractivity contribution in [3.05, 3.63) is 36.2 Å². The van der Waals surface area contributed by atoms with E-state index in [9.17, 15) is 0 Å². The van der Waals surface area contributed by atoms with Crippen LogP contribution in [0.3, 0.4) is 0 Å². The average Bonchev–Trinajstić information content (AvgIpc) is 3.06. The smallest absolute Gasteiger partial charge is 0.0902 e. The van der Waals surface area contributed by atoms with E-state index in [2.05, 4.69) is 35.9 Å². The maximum absolute atomic E-state index is 6.18. The third-order valence-electron chi connectivity index (χ3n) is 4.09. The zero-order chi connectivity index (χ0) is 17.9. The Kier molecular flexibility index (Phi) is 9.50. The Balaban J connectivity index is 0.00000139. The largest absolute Gasteiger partial charge is 0.368 e. The van der Waals surface area contributed by atoms with Crippen molar-refractivity contribution in [1.82, 2.24) is 9.88 Å². The maximum Gasteiger partial charge on any atom is 0.0902 e. The Bertz CT molecular complexity index is 511. The van der Waals surface area contributed by atoms with Crippen LogP contribution >= 0.6 is 0 Å². The van der Waals surface area contributed by atoms with Crippen molar-refractivity contribution < 1.29 is 4.74 Å². The summed E-state index contributed by atoms with van der Waals surface area (Å²) in [7, 11) is 4.26. The number of hydrogen-bond acceptors (Lipinski definition) is 4. The van der Waals surface area contributed by atoms with E-state index in [1.54, 1.807) is 6.20 Å². The van der Waals surface area contributed by atoms with Crippen molar-refractivity contribution in [2.24, 2.45) is 4.99 Å². The molecule has 0 N–H and O–H groups in total. The summed E-state index contributed by atoms with van der Waals surface area (Å²) in [4.78, 5) is 11.2. The highest BCUT2D eigenvalue weighted by Gasteiger charge is 2.30. The van der Waals surface area contributed by atoms with Gasteiger partial charge in [-0.1, -0.05) is 26.0 Å². The topological polar surface area (TPSA) is 37.7 Å². The lowest BCUT2D eigenvalue weighted by molar-refractivity contribution is 0.000134. The fourth-order valence-electron chi connectivity index (χ4n) is 2.95. The molecule has 0 saturated heterocycles. The van der Waals surface area contributed by atoms with Crippen molar-refractivity contribution in [3.8, 4) is 0 Å². The highest BCUT2D eigenvalue weighted by atomic mass is 16.5. The maximum atomic E-state index is 6.18. The molecule has 0 radical (unpaired) electrons. The number of likely N-dealkylation sites (N-methyl/N-ethyl adjacent to an activating group) is 1. The van der Waals surface area contributed by atoms with Gasteiger partial charge in [-0.25, -0.2) is 0 Å². The van der Waals surface area contributed by atoms with Gasteiger partial charge in [0.05, 0.1) is 23.6 Å². The zero-order valence-electron chi connectivity index (χ0n) is 16.1. The quantitative estimate of drug-likeness (QED) is 0.724. The van der Waals surface area contributed by atoms with Crippen LogP contribution in [0.5, 0.6) is 0 Å². The molecule has 4 heteroatoms. The molecule has 134 valence electrons. The number of allylic oxidation sites excluding steroid dienone is 1. The number of nitrogens with zero attached hydrogens (tertiary/aromatic N) is 3. The van der Waals surface area contributed by atoms with E-state index < -0.39 is 0 Å². The van der Waals surface area contributed by atoms with Crippen molar-refractivity contribution in [1.29, 1.82) is 0 Å². The third-order valence-corrected chi connectivity index (χ3v) is 4.09. The minimum atomic E-state index is 0.00390. The number of pyridine rings is 1. The molecule has 0 bridgehead atoms. The molecule has 2 rings (SSSR count). The molecule has 1 heterocycles. The predicted octanol–water partition coefficient (Wildman–Crippen LogP) is 4.43. The van der Waals surface area contributed by atoms with E-state index in [0.717, 1.165) is 17.8 Å². The second-order valence-corrected chi connectivity index (χ2v) is 6.01. The summed E-state index contributed by atoms with van der Waals surface area (Å²) < 4.78 is 6.18. The first-order valence-corrected chi connectivity index (χ1v) is 9.05. The molecule has 1 saturated carbocycles. The molecule has 0 aliphatic heterocycles. The van der Waals surface area contributed by atoms with Gasteiger partial charge >= 0.3 is 0 Å². The normalized spacial score (nSPS) is 22.5. The second kappa shape index (κ2) is 11.1. The lowest BCUT2D eigenvalue weighted by atomic mass is 10.2. The average molecular weight is 332 g/mol. The van der Waals surface area contributed by atoms with E-state index in [1.165, 1.54) is 12.8 Å².